The van der Waals surface area contributed by atoms with Gasteiger partial charge in [0, 0.05) is 36.6 Å². The summed E-state index contributed by atoms with van der Waals surface area (Å²) >= 11 is 0. The highest BCUT2D eigenvalue weighted by molar-refractivity contribution is 5.96. The molecule has 28 heavy (non-hydrogen) atoms. The van der Waals surface area contributed by atoms with E-state index >= 15 is 0 Å². The van der Waals surface area contributed by atoms with Gasteiger partial charge in [0.15, 0.2) is 0 Å². The van der Waals surface area contributed by atoms with Crippen LogP contribution in [0.25, 0.3) is 0 Å². The van der Waals surface area contributed by atoms with Crippen LogP contribution in [-0.4, -0.2) is 51.9 Å². The Balaban J connectivity index is 1.73. The molecule has 0 atom stereocenters. The number of aromatic nitrogens is 1. The first-order chi connectivity index (χ1) is 13.4. The number of ether oxygens (including phenoxy) is 1. The number of nitrogens with zero attached hydrogens (tertiary/aromatic N) is 3. The van der Waals surface area contributed by atoms with Crippen molar-refractivity contribution < 1.29 is 14.3 Å². The molecule has 2 amide bonds. The monoisotopic (exact) mass is 383 g/mol. The van der Waals surface area contributed by atoms with E-state index in [2.05, 4.69) is 0 Å². The fourth-order valence-corrected chi connectivity index (χ4v) is 3.27. The molecule has 0 spiro atoms. The molecule has 0 aliphatic heterocycles. The number of carbonyl (C=O) groups excluding carboxylic acids is 2. The summed E-state index contributed by atoms with van der Waals surface area (Å²) in [7, 11) is 3.58. The molecule has 6 nitrogen and oxygen atoms in total. The van der Waals surface area contributed by atoms with Gasteiger partial charge >= 0.3 is 0 Å². The highest BCUT2D eigenvalue weighted by atomic mass is 16.5. The molecule has 1 fully saturated rings. The van der Waals surface area contributed by atoms with Crippen LogP contribution in [0, 0.1) is 0 Å². The minimum Gasteiger partial charge on any atom is -0.497 e. The minimum atomic E-state index is -0.138. The second-order valence-electron chi connectivity index (χ2n) is 7.62. The Morgan fingerprint density at radius 1 is 1.18 bits per heavy atom. The number of carbonyl (C=O) groups is 2. The molecule has 0 saturated heterocycles. The first-order valence-electron chi connectivity index (χ1n) is 9.75. The Hall–Kier alpha value is -2.76. The zero-order valence-electron chi connectivity index (χ0n) is 17.1. The van der Waals surface area contributed by atoms with Gasteiger partial charge in [0.25, 0.3) is 5.91 Å². The summed E-state index contributed by atoms with van der Waals surface area (Å²) < 4.78 is 7.19. The van der Waals surface area contributed by atoms with Crippen LogP contribution in [0.5, 0.6) is 5.75 Å². The SMILES string of the molecule is COc1ccc(C(=O)N(CC(=O)N(Cc2cccn2C)C2CC2)C(C)C)cc1. The van der Waals surface area contributed by atoms with Crippen LogP contribution in [0.4, 0.5) is 0 Å². The topological polar surface area (TPSA) is 54.8 Å². The molecular formula is C22H29N3O3. The van der Waals surface area contributed by atoms with Gasteiger partial charge in [-0.15, -0.1) is 0 Å². The predicted molar refractivity (Wildman–Crippen MR) is 108 cm³/mol. The van der Waals surface area contributed by atoms with Crippen molar-refractivity contribution in [3.8, 4) is 5.75 Å². The van der Waals surface area contributed by atoms with E-state index in [4.69, 9.17) is 4.74 Å². The number of amides is 2. The molecule has 1 aliphatic carbocycles. The van der Waals surface area contributed by atoms with E-state index < -0.39 is 0 Å². The Morgan fingerprint density at radius 3 is 2.36 bits per heavy atom. The molecule has 1 heterocycles. The molecule has 2 aromatic rings. The van der Waals surface area contributed by atoms with E-state index in [0.29, 0.717) is 17.9 Å². The smallest absolute Gasteiger partial charge is 0.254 e. The normalized spacial score (nSPS) is 13.5. The van der Waals surface area contributed by atoms with Gasteiger partial charge in [-0.3, -0.25) is 9.59 Å². The standard InChI is InChI=1S/C22H29N3O3/c1-16(2)24(22(27)17-7-11-20(28-4)12-8-17)15-21(26)25(18-9-10-18)14-19-6-5-13-23(19)3/h5-8,11-13,16,18H,9-10,14-15H2,1-4H3. The predicted octanol–water partition coefficient (Wildman–Crippen LogP) is 3.08. The zero-order valence-corrected chi connectivity index (χ0v) is 17.1. The maximum Gasteiger partial charge on any atom is 0.254 e. The van der Waals surface area contributed by atoms with E-state index in [1.165, 1.54) is 0 Å². The van der Waals surface area contributed by atoms with Crippen molar-refractivity contribution in [2.45, 2.75) is 45.3 Å². The number of aryl methyl sites for hydroxylation is 1. The maximum absolute atomic E-state index is 13.1. The van der Waals surface area contributed by atoms with Crippen molar-refractivity contribution in [2.24, 2.45) is 7.05 Å². The quantitative estimate of drug-likeness (QED) is 0.704. The fraction of sp³-hybridized carbons (Fsp3) is 0.455. The molecule has 1 aromatic heterocycles. The van der Waals surface area contributed by atoms with Crippen LogP contribution >= 0.6 is 0 Å². The number of hydrogen-bond acceptors (Lipinski definition) is 3. The average molecular weight is 383 g/mol. The lowest BCUT2D eigenvalue weighted by Crippen LogP contribution is -2.46. The number of rotatable bonds is 8. The summed E-state index contributed by atoms with van der Waals surface area (Å²) in [6, 6.07) is 11.2. The van der Waals surface area contributed by atoms with Gasteiger partial charge < -0.3 is 19.1 Å². The Bertz CT molecular complexity index is 822. The Labute approximate surface area is 166 Å². The van der Waals surface area contributed by atoms with Crippen LogP contribution in [-0.2, 0) is 18.4 Å². The summed E-state index contributed by atoms with van der Waals surface area (Å²) in [5, 5.41) is 0. The lowest BCUT2D eigenvalue weighted by atomic mass is 10.1. The minimum absolute atomic E-state index is 0.000684. The molecule has 1 saturated carbocycles. The van der Waals surface area contributed by atoms with Crippen molar-refractivity contribution in [2.75, 3.05) is 13.7 Å². The van der Waals surface area contributed by atoms with E-state index in [-0.39, 0.29) is 30.4 Å². The largest absolute Gasteiger partial charge is 0.497 e. The lowest BCUT2D eigenvalue weighted by molar-refractivity contribution is -0.133. The second-order valence-corrected chi connectivity index (χ2v) is 7.62. The van der Waals surface area contributed by atoms with E-state index in [0.717, 1.165) is 18.5 Å². The molecule has 150 valence electrons. The third-order valence-corrected chi connectivity index (χ3v) is 5.22. The number of benzene rings is 1. The van der Waals surface area contributed by atoms with Crippen LogP contribution in [0.1, 0.15) is 42.7 Å². The summed E-state index contributed by atoms with van der Waals surface area (Å²) in [5.41, 5.74) is 1.65. The van der Waals surface area contributed by atoms with Crippen molar-refractivity contribution in [3.05, 3.63) is 53.9 Å². The van der Waals surface area contributed by atoms with Crippen LogP contribution < -0.4 is 4.74 Å². The lowest BCUT2D eigenvalue weighted by Gasteiger charge is -2.30. The molecule has 1 aromatic carbocycles. The third kappa shape index (κ3) is 4.55. The van der Waals surface area contributed by atoms with Gasteiger partial charge in [0.05, 0.1) is 13.7 Å². The molecule has 0 N–H and O–H groups in total. The highest BCUT2D eigenvalue weighted by Gasteiger charge is 2.34. The summed E-state index contributed by atoms with van der Waals surface area (Å²) in [6.07, 6.45) is 4.05. The summed E-state index contributed by atoms with van der Waals surface area (Å²) in [4.78, 5) is 29.7. The van der Waals surface area contributed by atoms with Crippen molar-refractivity contribution in [1.82, 2.24) is 14.4 Å². The van der Waals surface area contributed by atoms with Crippen molar-refractivity contribution in [3.63, 3.8) is 0 Å². The van der Waals surface area contributed by atoms with Gasteiger partial charge in [-0.05, 0) is 63.1 Å². The van der Waals surface area contributed by atoms with Gasteiger partial charge in [-0.25, -0.2) is 0 Å². The van der Waals surface area contributed by atoms with Crippen LogP contribution in [0.15, 0.2) is 42.6 Å². The molecule has 0 bridgehead atoms. The van der Waals surface area contributed by atoms with Gasteiger partial charge in [0.2, 0.25) is 5.91 Å². The van der Waals surface area contributed by atoms with Crippen molar-refractivity contribution >= 4 is 11.8 Å². The molecule has 0 unspecified atom stereocenters. The van der Waals surface area contributed by atoms with E-state index in [9.17, 15) is 9.59 Å². The fourth-order valence-electron chi connectivity index (χ4n) is 3.27. The van der Waals surface area contributed by atoms with Crippen LogP contribution in [0.2, 0.25) is 0 Å². The third-order valence-electron chi connectivity index (χ3n) is 5.22. The molecule has 3 rings (SSSR count). The van der Waals surface area contributed by atoms with Gasteiger partial charge in [0.1, 0.15) is 12.3 Å². The van der Waals surface area contributed by atoms with Gasteiger partial charge in [-0.2, -0.15) is 0 Å². The maximum atomic E-state index is 13.1. The van der Waals surface area contributed by atoms with Crippen LogP contribution in [0.3, 0.4) is 0 Å². The zero-order chi connectivity index (χ0) is 20.3. The number of hydrogen-bond donors (Lipinski definition) is 0. The van der Waals surface area contributed by atoms with E-state index in [1.54, 1.807) is 36.3 Å². The average Bonchev–Trinajstić information content (AvgIpc) is 3.45. The first kappa shape index (κ1) is 20.0. The molecule has 0 radical (unpaired) electrons. The summed E-state index contributed by atoms with van der Waals surface area (Å²) in [6.45, 7) is 4.54. The van der Waals surface area contributed by atoms with Gasteiger partial charge in [-0.1, -0.05) is 0 Å². The van der Waals surface area contributed by atoms with E-state index in [1.807, 2.05) is 48.7 Å². The Morgan fingerprint density at radius 2 is 1.86 bits per heavy atom. The molecule has 1 aliphatic rings. The Kier molecular flexibility index (Phi) is 6.07. The highest BCUT2D eigenvalue weighted by Crippen LogP contribution is 2.29. The molecule has 6 heteroatoms. The van der Waals surface area contributed by atoms with Crippen molar-refractivity contribution in [1.29, 1.82) is 0 Å². The first-order valence-corrected chi connectivity index (χ1v) is 9.75. The summed E-state index contributed by atoms with van der Waals surface area (Å²) in [5.74, 6) is 0.561. The second kappa shape index (κ2) is 8.50. The number of methoxy groups -OCH3 is 1. The molecular weight excluding hydrogens is 354 g/mol.